The van der Waals surface area contributed by atoms with Crippen LogP contribution in [0.3, 0.4) is 0 Å². The van der Waals surface area contributed by atoms with Crippen molar-refractivity contribution in [1.29, 1.82) is 0 Å². The van der Waals surface area contributed by atoms with Crippen molar-refractivity contribution >= 4 is 30.2 Å². The molecule has 0 aromatic rings. The quantitative estimate of drug-likeness (QED) is 0.412. The van der Waals surface area contributed by atoms with E-state index in [0.29, 0.717) is 0 Å². The molecule has 1 aliphatic heterocycles. The highest BCUT2D eigenvalue weighted by molar-refractivity contribution is 5.63. The molecule has 1 aliphatic rings. The van der Waals surface area contributed by atoms with Gasteiger partial charge in [-0.1, -0.05) is 0 Å². The highest BCUT2D eigenvalue weighted by atomic mass is 16.4. The Hall–Kier alpha value is -2.65. The van der Waals surface area contributed by atoms with Gasteiger partial charge < -0.3 is 25.7 Å². The van der Waals surface area contributed by atoms with Crippen LogP contribution in [0.5, 0.6) is 0 Å². The maximum absolute atomic E-state index is 9.00. The SMILES string of the molecule is C1=NCCN1.CC(=O)O.CC(=O)O.CC(=O)O.CC(=O)O. The van der Waals surface area contributed by atoms with E-state index in [1.165, 1.54) is 0 Å². The number of nitrogens with zero attached hydrogens (tertiary/aromatic N) is 1. The van der Waals surface area contributed by atoms with Crippen LogP contribution in [-0.2, 0) is 19.2 Å². The zero-order chi connectivity index (χ0) is 17.8. The fourth-order valence-electron chi connectivity index (χ4n) is 0.323. The molecule has 1 rings (SSSR count). The van der Waals surface area contributed by atoms with Crippen LogP contribution in [-0.4, -0.2) is 63.7 Å². The van der Waals surface area contributed by atoms with E-state index in [-0.39, 0.29) is 0 Å². The van der Waals surface area contributed by atoms with Crippen molar-refractivity contribution in [2.75, 3.05) is 13.1 Å². The molecule has 10 heteroatoms. The number of hydrogen-bond acceptors (Lipinski definition) is 6. The second-order valence-electron chi connectivity index (χ2n) is 3.07. The summed E-state index contributed by atoms with van der Waals surface area (Å²) in [5.74, 6) is -3.33. The Bertz CT molecular complexity index is 258. The molecule has 0 amide bonds. The average Bonchev–Trinajstić information content (AvgIpc) is 2.68. The van der Waals surface area contributed by atoms with Gasteiger partial charge in [-0.05, 0) is 0 Å². The number of carboxylic acid groups (broad SMARTS) is 4. The molecule has 0 bridgehead atoms. The Morgan fingerprint density at radius 3 is 1.10 bits per heavy atom. The lowest BCUT2D eigenvalue weighted by molar-refractivity contribution is -0.135. The maximum atomic E-state index is 9.00. The van der Waals surface area contributed by atoms with Gasteiger partial charge in [0.2, 0.25) is 0 Å². The summed E-state index contributed by atoms with van der Waals surface area (Å²) in [6.07, 6.45) is 1.74. The molecule has 21 heavy (non-hydrogen) atoms. The van der Waals surface area contributed by atoms with Gasteiger partial charge in [-0.25, -0.2) is 0 Å². The van der Waals surface area contributed by atoms with Crippen LogP contribution in [0.25, 0.3) is 0 Å². The van der Waals surface area contributed by atoms with Crippen molar-refractivity contribution in [2.24, 2.45) is 4.99 Å². The van der Waals surface area contributed by atoms with E-state index in [1.54, 1.807) is 6.34 Å². The molecule has 0 saturated heterocycles. The van der Waals surface area contributed by atoms with E-state index < -0.39 is 23.9 Å². The second-order valence-corrected chi connectivity index (χ2v) is 3.07. The summed E-state index contributed by atoms with van der Waals surface area (Å²) in [6, 6.07) is 0. The summed E-state index contributed by atoms with van der Waals surface area (Å²) >= 11 is 0. The van der Waals surface area contributed by atoms with Gasteiger partial charge in [-0.2, -0.15) is 0 Å². The third-order valence-corrected chi connectivity index (χ3v) is 0.568. The first-order chi connectivity index (χ1) is 9.43. The van der Waals surface area contributed by atoms with Gasteiger partial charge in [0.25, 0.3) is 23.9 Å². The lowest BCUT2D eigenvalue weighted by atomic mass is 10.7. The first-order valence-corrected chi connectivity index (χ1v) is 5.43. The van der Waals surface area contributed by atoms with Crippen LogP contribution in [0.4, 0.5) is 0 Å². The maximum Gasteiger partial charge on any atom is 0.300 e. The van der Waals surface area contributed by atoms with Crippen LogP contribution < -0.4 is 5.32 Å². The number of rotatable bonds is 0. The van der Waals surface area contributed by atoms with Gasteiger partial charge in [-0.3, -0.25) is 24.2 Å². The predicted molar refractivity (Wildman–Crippen MR) is 74.6 cm³/mol. The summed E-state index contributed by atoms with van der Waals surface area (Å²) in [5.41, 5.74) is 0. The Balaban J connectivity index is -0.0000000866. The molecule has 0 aromatic carbocycles. The average molecular weight is 310 g/mol. The van der Waals surface area contributed by atoms with E-state index in [2.05, 4.69) is 10.3 Å². The number of carbonyl (C=O) groups is 4. The highest BCUT2D eigenvalue weighted by Crippen LogP contribution is 1.68. The fourth-order valence-corrected chi connectivity index (χ4v) is 0.323. The summed E-state index contributed by atoms with van der Waals surface area (Å²) in [7, 11) is 0. The molecule has 0 saturated carbocycles. The Morgan fingerprint density at radius 1 is 0.810 bits per heavy atom. The van der Waals surface area contributed by atoms with E-state index in [0.717, 1.165) is 40.8 Å². The fraction of sp³-hybridized carbons (Fsp3) is 0.545. The third kappa shape index (κ3) is 740. The molecule has 0 aliphatic carbocycles. The topological polar surface area (TPSA) is 174 Å². The normalized spacial score (nSPS) is 9.33. The van der Waals surface area contributed by atoms with Gasteiger partial charge in [0.1, 0.15) is 0 Å². The number of carboxylic acids is 4. The van der Waals surface area contributed by atoms with Crippen LogP contribution in [0.1, 0.15) is 27.7 Å². The number of aliphatic carboxylic acids is 4. The molecular weight excluding hydrogens is 288 g/mol. The van der Waals surface area contributed by atoms with Gasteiger partial charge in [0.05, 0.1) is 12.9 Å². The van der Waals surface area contributed by atoms with E-state index in [9.17, 15) is 0 Å². The van der Waals surface area contributed by atoms with E-state index in [1.807, 2.05) is 0 Å². The number of nitrogens with one attached hydrogen (secondary N) is 1. The lowest BCUT2D eigenvalue weighted by Gasteiger charge is -1.75. The minimum absolute atomic E-state index is 0.833. The number of hydrogen-bond donors (Lipinski definition) is 5. The van der Waals surface area contributed by atoms with Gasteiger partial charge in [0, 0.05) is 34.2 Å². The third-order valence-electron chi connectivity index (χ3n) is 0.568. The van der Waals surface area contributed by atoms with Crippen LogP contribution >= 0.6 is 0 Å². The second kappa shape index (κ2) is 22.5. The zero-order valence-electron chi connectivity index (χ0n) is 12.4. The molecule has 0 unspecified atom stereocenters. The summed E-state index contributed by atoms with van der Waals surface area (Å²) < 4.78 is 0. The minimum atomic E-state index is -0.833. The molecule has 0 aromatic heterocycles. The number of aliphatic imine (C=N–C) groups is 1. The predicted octanol–water partition coefficient (Wildman–Crippen LogP) is -0.0185. The molecular formula is C11H22N2O8. The molecule has 1 heterocycles. The van der Waals surface area contributed by atoms with Crippen molar-refractivity contribution in [3.63, 3.8) is 0 Å². The summed E-state index contributed by atoms with van der Waals surface area (Å²) in [5, 5.41) is 32.6. The lowest BCUT2D eigenvalue weighted by Crippen LogP contribution is -2.04. The molecule has 0 radical (unpaired) electrons. The van der Waals surface area contributed by atoms with Crippen LogP contribution in [0.2, 0.25) is 0 Å². The van der Waals surface area contributed by atoms with Crippen molar-refractivity contribution in [3.05, 3.63) is 0 Å². The smallest absolute Gasteiger partial charge is 0.300 e. The summed E-state index contributed by atoms with van der Waals surface area (Å²) in [6.45, 7) is 6.32. The molecule has 0 spiro atoms. The largest absolute Gasteiger partial charge is 0.481 e. The molecule has 124 valence electrons. The van der Waals surface area contributed by atoms with Crippen molar-refractivity contribution in [1.82, 2.24) is 5.32 Å². The van der Waals surface area contributed by atoms with E-state index >= 15 is 0 Å². The Morgan fingerprint density at radius 2 is 1.05 bits per heavy atom. The van der Waals surface area contributed by atoms with Crippen LogP contribution in [0, 0.1) is 0 Å². The van der Waals surface area contributed by atoms with Crippen molar-refractivity contribution in [3.8, 4) is 0 Å². The van der Waals surface area contributed by atoms with Crippen molar-refractivity contribution < 1.29 is 39.6 Å². The first kappa shape index (κ1) is 26.8. The zero-order valence-corrected chi connectivity index (χ0v) is 12.4. The molecule has 0 atom stereocenters. The highest BCUT2D eigenvalue weighted by Gasteiger charge is 1.82. The minimum Gasteiger partial charge on any atom is -0.481 e. The molecule has 0 fully saturated rings. The Kier molecular flexibility index (Phi) is 28.8. The Labute approximate surface area is 122 Å². The van der Waals surface area contributed by atoms with Crippen molar-refractivity contribution in [2.45, 2.75) is 27.7 Å². The van der Waals surface area contributed by atoms with E-state index in [4.69, 9.17) is 39.6 Å². The van der Waals surface area contributed by atoms with Crippen LogP contribution in [0.15, 0.2) is 4.99 Å². The standard InChI is InChI=1S/C3H6N2.4C2H4O2/c1-2-5-3-4-1;4*1-2(3)4/h3H,1-2H2,(H,4,5);4*1H3,(H,3,4). The molecule has 5 N–H and O–H groups in total. The first-order valence-electron chi connectivity index (χ1n) is 5.43. The van der Waals surface area contributed by atoms with Gasteiger partial charge in [-0.15, -0.1) is 0 Å². The van der Waals surface area contributed by atoms with Gasteiger partial charge in [0.15, 0.2) is 0 Å². The molecule has 10 nitrogen and oxygen atoms in total. The summed E-state index contributed by atoms with van der Waals surface area (Å²) in [4.78, 5) is 39.8. The van der Waals surface area contributed by atoms with Gasteiger partial charge >= 0.3 is 0 Å². The monoisotopic (exact) mass is 310 g/mol.